The number of rotatable bonds is 8. The van der Waals surface area contributed by atoms with E-state index in [0.717, 1.165) is 37.4 Å². The number of aliphatic hydroxyl groups excluding tert-OH is 2. The van der Waals surface area contributed by atoms with E-state index in [1.165, 1.54) is 38.5 Å². The Labute approximate surface area is 277 Å². The van der Waals surface area contributed by atoms with Crippen molar-refractivity contribution in [1.82, 2.24) is 15.1 Å². The van der Waals surface area contributed by atoms with Gasteiger partial charge in [-0.15, -0.1) is 0 Å². The average molecular weight is 636 g/mol. The van der Waals surface area contributed by atoms with Gasteiger partial charge in [0.2, 0.25) is 11.8 Å². The van der Waals surface area contributed by atoms with E-state index in [-0.39, 0.29) is 46.8 Å². The van der Waals surface area contributed by atoms with E-state index < -0.39 is 6.04 Å². The molecule has 256 valence electrons. The summed E-state index contributed by atoms with van der Waals surface area (Å²) in [5, 5.41) is 25.3. The zero-order chi connectivity index (χ0) is 32.8. The minimum Gasteiger partial charge on any atom is -0.393 e. The number of nitrogens with one attached hydrogen (secondary N) is 1. The Hall–Kier alpha value is -1.96. The average Bonchev–Trinajstić information content (AvgIpc) is 3.38. The maximum absolute atomic E-state index is 13.9. The molecule has 1 aromatic rings. The smallest absolute Gasteiger partial charge is 0.245 e. The minimum absolute atomic E-state index is 0.00395. The molecule has 5 aliphatic rings. The van der Waals surface area contributed by atoms with Gasteiger partial charge in [-0.05, 0) is 110 Å². The number of benzene rings is 1. The molecule has 0 spiro atoms. The zero-order valence-corrected chi connectivity index (χ0v) is 29.2. The third kappa shape index (κ3) is 6.42. The number of aliphatic hydroxyl groups is 2. The molecule has 0 bridgehead atoms. The first kappa shape index (κ1) is 33.9. The van der Waals surface area contributed by atoms with Crippen LogP contribution in [-0.2, 0) is 16.0 Å². The van der Waals surface area contributed by atoms with E-state index >= 15 is 0 Å². The van der Waals surface area contributed by atoms with Crippen LogP contribution in [0.25, 0.3) is 0 Å². The number of carbonyl (C=O) groups excluding carboxylic acids is 2. The van der Waals surface area contributed by atoms with Gasteiger partial charge in [-0.2, -0.15) is 0 Å². The molecule has 1 saturated heterocycles. The summed E-state index contributed by atoms with van der Waals surface area (Å²) in [6.45, 7) is 13.9. The fraction of sp³-hybridized carbons (Fsp3) is 0.795. The van der Waals surface area contributed by atoms with E-state index in [4.69, 9.17) is 0 Å². The molecule has 1 aliphatic heterocycles. The SMILES string of the molecule is CC(C)CC(=O)N[C@@H](Cc1ccccc1)C(=O)N1CCN([C@H]2C[C@@]3(C)[C@@H](CC[C@@H]4[C@@H]3CC[C@]3(C)[C@@H]([C@@H](C)O)CC[C@@H]43)C[C@@H]2O)CC1. The molecule has 5 fully saturated rings. The van der Waals surface area contributed by atoms with Crippen molar-refractivity contribution in [3.8, 4) is 0 Å². The predicted molar refractivity (Wildman–Crippen MR) is 182 cm³/mol. The predicted octanol–water partition coefficient (Wildman–Crippen LogP) is 5.28. The molecule has 0 unspecified atom stereocenters. The molecule has 6 rings (SSSR count). The Morgan fingerprint density at radius 3 is 2.30 bits per heavy atom. The number of hydrogen-bond acceptors (Lipinski definition) is 5. The lowest BCUT2D eigenvalue weighted by Gasteiger charge is -2.63. The highest BCUT2D eigenvalue weighted by atomic mass is 16.3. The van der Waals surface area contributed by atoms with Crippen LogP contribution in [0.2, 0.25) is 0 Å². The normalized spacial score (nSPS) is 39.2. The molecule has 2 amide bonds. The van der Waals surface area contributed by atoms with Crippen LogP contribution in [-0.4, -0.2) is 82.3 Å². The Kier molecular flexibility index (Phi) is 9.96. The maximum atomic E-state index is 13.9. The topological polar surface area (TPSA) is 93.1 Å². The molecular formula is C39H61N3O4. The van der Waals surface area contributed by atoms with Crippen molar-refractivity contribution in [2.75, 3.05) is 26.2 Å². The van der Waals surface area contributed by atoms with Crippen LogP contribution in [0, 0.1) is 46.3 Å². The van der Waals surface area contributed by atoms with Gasteiger partial charge in [0, 0.05) is 45.1 Å². The summed E-state index contributed by atoms with van der Waals surface area (Å²) < 4.78 is 0. The molecular weight excluding hydrogens is 574 g/mol. The van der Waals surface area contributed by atoms with Crippen LogP contribution in [0.4, 0.5) is 0 Å². The Morgan fingerprint density at radius 2 is 1.63 bits per heavy atom. The number of carbonyl (C=O) groups is 2. The van der Waals surface area contributed by atoms with Gasteiger partial charge in [0.1, 0.15) is 6.04 Å². The van der Waals surface area contributed by atoms with Crippen molar-refractivity contribution in [3.05, 3.63) is 35.9 Å². The van der Waals surface area contributed by atoms with Crippen LogP contribution >= 0.6 is 0 Å². The monoisotopic (exact) mass is 635 g/mol. The van der Waals surface area contributed by atoms with Crippen molar-refractivity contribution in [2.45, 2.75) is 123 Å². The standard InChI is InChI=1S/C39H61N3O4/c1-25(2)21-36(45)40-33(22-27-9-7-6-8-10-27)37(46)42-19-17-41(18-20-42)34-24-39(5)28(23-35(34)44)11-12-29-31-14-13-30(26(3)43)38(31,4)16-15-32(29)39/h6-10,25-26,28-35,43-44H,11-24H2,1-5H3,(H,40,45)/t26-,28+,29+,30-,31+,32+,33+,34+,35+,38-,39+/m1/s1. The molecule has 46 heavy (non-hydrogen) atoms. The largest absolute Gasteiger partial charge is 0.393 e. The van der Waals surface area contributed by atoms with Crippen LogP contribution < -0.4 is 5.32 Å². The van der Waals surface area contributed by atoms with Crippen molar-refractivity contribution < 1.29 is 19.8 Å². The van der Waals surface area contributed by atoms with Crippen molar-refractivity contribution in [1.29, 1.82) is 0 Å². The van der Waals surface area contributed by atoms with Gasteiger partial charge in [-0.25, -0.2) is 0 Å². The van der Waals surface area contributed by atoms with E-state index in [0.29, 0.717) is 49.6 Å². The van der Waals surface area contributed by atoms with Crippen LogP contribution in [0.15, 0.2) is 30.3 Å². The molecule has 3 N–H and O–H groups in total. The van der Waals surface area contributed by atoms with Gasteiger partial charge in [0.05, 0.1) is 12.2 Å². The zero-order valence-electron chi connectivity index (χ0n) is 29.2. The molecule has 1 aromatic carbocycles. The lowest BCUT2D eigenvalue weighted by Crippen LogP contribution is -2.63. The second-order valence-corrected chi connectivity index (χ2v) is 17.0. The highest BCUT2D eigenvalue weighted by Gasteiger charge is 2.62. The Balaban J connectivity index is 1.11. The van der Waals surface area contributed by atoms with Gasteiger partial charge in [0.25, 0.3) is 0 Å². The van der Waals surface area contributed by atoms with Crippen molar-refractivity contribution in [2.24, 2.45) is 46.3 Å². The van der Waals surface area contributed by atoms with Gasteiger partial charge >= 0.3 is 0 Å². The van der Waals surface area contributed by atoms with E-state index in [2.05, 4.69) is 24.1 Å². The summed E-state index contributed by atoms with van der Waals surface area (Å²) in [4.78, 5) is 31.1. The van der Waals surface area contributed by atoms with Gasteiger partial charge < -0.3 is 20.4 Å². The highest BCUT2D eigenvalue weighted by molar-refractivity contribution is 5.88. The fourth-order valence-corrected chi connectivity index (χ4v) is 11.6. The van der Waals surface area contributed by atoms with Gasteiger partial charge in [-0.3, -0.25) is 14.5 Å². The first-order valence-electron chi connectivity index (χ1n) is 18.6. The van der Waals surface area contributed by atoms with Crippen LogP contribution in [0.3, 0.4) is 0 Å². The molecule has 7 nitrogen and oxygen atoms in total. The first-order valence-corrected chi connectivity index (χ1v) is 18.6. The van der Waals surface area contributed by atoms with Gasteiger partial charge in [-0.1, -0.05) is 58.0 Å². The summed E-state index contributed by atoms with van der Waals surface area (Å²) in [5.41, 5.74) is 1.54. The molecule has 4 saturated carbocycles. The quantitative estimate of drug-likeness (QED) is 0.362. The van der Waals surface area contributed by atoms with Gasteiger partial charge in [0.15, 0.2) is 0 Å². The van der Waals surface area contributed by atoms with Crippen LogP contribution in [0.1, 0.15) is 98.0 Å². The molecule has 4 aliphatic carbocycles. The number of fused-ring (bicyclic) bond motifs is 5. The number of nitrogens with zero attached hydrogens (tertiary/aromatic N) is 2. The third-order valence-corrected chi connectivity index (χ3v) is 13.9. The minimum atomic E-state index is -0.569. The summed E-state index contributed by atoms with van der Waals surface area (Å²) >= 11 is 0. The number of amides is 2. The Morgan fingerprint density at radius 1 is 0.935 bits per heavy atom. The number of hydrogen-bond donors (Lipinski definition) is 3. The van der Waals surface area contributed by atoms with Crippen molar-refractivity contribution in [3.63, 3.8) is 0 Å². The van der Waals surface area contributed by atoms with E-state index in [1.54, 1.807) is 0 Å². The second kappa shape index (κ2) is 13.5. The third-order valence-electron chi connectivity index (χ3n) is 13.9. The summed E-state index contributed by atoms with van der Waals surface area (Å²) in [6.07, 6.45) is 9.71. The van der Waals surface area contributed by atoms with Crippen LogP contribution in [0.5, 0.6) is 0 Å². The number of piperazine rings is 1. The molecule has 7 heteroatoms. The Bertz CT molecular complexity index is 1210. The fourth-order valence-electron chi connectivity index (χ4n) is 11.6. The van der Waals surface area contributed by atoms with Crippen molar-refractivity contribution >= 4 is 11.8 Å². The molecule has 11 atom stereocenters. The molecule has 1 heterocycles. The first-order chi connectivity index (χ1) is 21.9. The summed E-state index contributed by atoms with van der Waals surface area (Å²) in [6, 6.07) is 9.53. The highest BCUT2D eigenvalue weighted by Crippen LogP contribution is 2.68. The lowest BCUT2D eigenvalue weighted by atomic mass is 9.44. The summed E-state index contributed by atoms with van der Waals surface area (Å²) in [5.74, 6) is 3.33. The lowest BCUT2D eigenvalue weighted by molar-refractivity contribution is -0.156. The summed E-state index contributed by atoms with van der Waals surface area (Å²) in [7, 11) is 0. The second-order valence-electron chi connectivity index (χ2n) is 17.0. The molecule has 0 aromatic heterocycles. The molecule has 0 radical (unpaired) electrons. The van der Waals surface area contributed by atoms with E-state index in [1.807, 2.05) is 56.0 Å². The maximum Gasteiger partial charge on any atom is 0.245 e. The van der Waals surface area contributed by atoms with E-state index in [9.17, 15) is 19.8 Å².